The lowest BCUT2D eigenvalue weighted by molar-refractivity contribution is 0.574. The predicted octanol–water partition coefficient (Wildman–Crippen LogP) is 2.49. The smallest absolute Gasteiger partial charge is 0.238 e. The van der Waals surface area contributed by atoms with E-state index < -0.39 is 10.0 Å². The number of hydrogen-bond donors (Lipinski definition) is 2. The van der Waals surface area contributed by atoms with Crippen LogP contribution in [0.15, 0.2) is 53.4 Å². The Morgan fingerprint density at radius 1 is 1.05 bits per heavy atom. The Hall–Kier alpha value is -1.69. The molecule has 0 aliphatic heterocycles. The number of nitrogens with one attached hydrogen (secondary N) is 1. The molecule has 0 bridgehead atoms. The van der Waals surface area contributed by atoms with Crippen molar-refractivity contribution < 1.29 is 8.42 Å². The Balaban J connectivity index is 1.98. The third kappa shape index (κ3) is 4.39. The van der Waals surface area contributed by atoms with Crippen LogP contribution in [0, 0.1) is 6.92 Å². The predicted molar refractivity (Wildman–Crippen MR) is 84.2 cm³/mol. The van der Waals surface area contributed by atoms with Gasteiger partial charge < -0.3 is 5.32 Å². The zero-order chi connectivity index (χ0) is 15.5. The number of aryl methyl sites for hydroxylation is 1. The second-order valence-electron chi connectivity index (χ2n) is 5.20. The Morgan fingerprint density at radius 3 is 2.14 bits per heavy atom. The number of sulfonamides is 1. The first-order valence-corrected chi connectivity index (χ1v) is 8.32. The van der Waals surface area contributed by atoms with Gasteiger partial charge >= 0.3 is 0 Å². The second kappa shape index (κ2) is 6.39. The van der Waals surface area contributed by atoms with E-state index in [1.165, 1.54) is 23.3 Å². The molecule has 1 unspecified atom stereocenters. The van der Waals surface area contributed by atoms with Crippen LogP contribution in [0.2, 0.25) is 0 Å². The average Bonchev–Trinajstić information content (AvgIpc) is 2.45. The Labute approximate surface area is 126 Å². The molecular weight excluding hydrogens is 284 g/mol. The molecule has 0 aliphatic rings. The van der Waals surface area contributed by atoms with Crippen molar-refractivity contribution in [1.82, 2.24) is 5.32 Å². The minimum absolute atomic E-state index is 0.137. The van der Waals surface area contributed by atoms with Gasteiger partial charge in [-0.3, -0.25) is 0 Å². The van der Waals surface area contributed by atoms with Gasteiger partial charge in [0.2, 0.25) is 10.0 Å². The molecule has 2 aromatic carbocycles. The largest absolute Gasteiger partial charge is 0.306 e. The highest BCUT2D eigenvalue weighted by Gasteiger charge is 2.08. The number of primary sulfonamides is 1. The summed E-state index contributed by atoms with van der Waals surface area (Å²) in [6.07, 6.45) is 0. The Morgan fingerprint density at radius 2 is 1.62 bits per heavy atom. The zero-order valence-corrected chi connectivity index (χ0v) is 13.0. The van der Waals surface area contributed by atoms with Crippen LogP contribution in [0.25, 0.3) is 0 Å². The quantitative estimate of drug-likeness (QED) is 0.891. The second-order valence-corrected chi connectivity index (χ2v) is 6.76. The summed E-state index contributed by atoms with van der Waals surface area (Å²) in [5.41, 5.74) is 3.48. The summed E-state index contributed by atoms with van der Waals surface area (Å²) in [7, 11) is -3.62. The highest BCUT2D eigenvalue weighted by molar-refractivity contribution is 7.89. The zero-order valence-electron chi connectivity index (χ0n) is 12.2. The van der Waals surface area contributed by atoms with Crippen LogP contribution in [0.5, 0.6) is 0 Å². The third-order valence-electron chi connectivity index (χ3n) is 3.44. The van der Waals surface area contributed by atoms with Gasteiger partial charge in [-0.15, -0.1) is 0 Å². The first kappa shape index (κ1) is 15.7. The molecule has 0 aliphatic carbocycles. The SMILES string of the molecule is Cc1ccc(C(C)NCc2ccc(S(N)(=O)=O)cc2)cc1. The fourth-order valence-corrected chi connectivity index (χ4v) is 2.56. The average molecular weight is 304 g/mol. The summed E-state index contributed by atoms with van der Waals surface area (Å²) in [5.74, 6) is 0. The van der Waals surface area contributed by atoms with Crippen molar-refractivity contribution in [2.45, 2.75) is 31.3 Å². The van der Waals surface area contributed by atoms with Gasteiger partial charge in [-0.05, 0) is 37.1 Å². The maximum atomic E-state index is 11.2. The standard InChI is InChI=1S/C16H20N2O2S/c1-12-3-7-15(8-4-12)13(2)18-11-14-5-9-16(10-6-14)21(17,19)20/h3-10,13,18H,11H2,1-2H3,(H2,17,19,20). The van der Waals surface area contributed by atoms with Gasteiger partial charge in [0.15, 0.2) is 0 Å². The van der Waals surface area contributed by atoms with Crippen LogP contribution in [0.3, 0.4) is 0 Å². The van der Waals surface area contributed by atoms with Crippen molar-refractivity contribution in [3.05, 3.63) is 65.2 Å². The van der Waals surface area contributed by atoms with E-state index in [2.05, 4.69) is 43.4 Å². The summed E-state index contributed by atoms with van der Waals surface area (Å²) in [6.45, 7) is 4.83. The summed E-state index contributed by atoms with van der Waals surface area (Å²) < 4.78 is 22.4. The molecule has 1 atom stereocenters. The molecule has 0 spiro atoms. The van der Waals surface area contributed by atoms with Gasteiger partial charge in [0.25, 0.3) is 0 Å². The van der Waals surface area contributed by atoms with E-state index in [-0.39, 0.29) is 10.9 Å². The summed E-state index contributed by atoms with van der Waals surface area (Å²) >= 11 is 0. The van der Waals surface area contributed by atoms with Crippen LogP contribution in [0.4, 0.5) is 0 Å². The molecule has 2 rings (SSSR count). The molecule has 0 saturated carbocycles. The molecular formula is C16H20N2O2S. The molecule has 4 nitrogen and oxygen atoms in total. The number of benzene rings is 2. The monoisotopic (exact) mass is 304 g/mol. The molecule has 0 heterocycles. The molecule has 5 heteroatoms. The van der Waals surface area contributed by atoms with Gasteiger partial charge in [-0.2, -0.15) is 0 Å². The van der Waals surface area contributed by atoms with Crippen LogP contribution in [-0.2, 0) is 16.6 Å². The van der Waals surface area contributed by atoms with E-state index in [0.717, 1.165) is 5.56 Å². The van der Waals surface area contributed by atoms with Crippen molar-refractivity contribution >= 4 is 10.0 Å². The molecule has 3 N–H and O–H groups in total. The number of hydrogen-bond acceptors (Lipinski definition) is 3. The van der Waals surface area contributed by atoms with Crippen molar-refractivity contribution in [1.29, 1.82) is 0 Å². The van der Waals surface area contributed by atoms with Crippen LogP contribution in [-0.4, -0.2) is 8.42 Å². The molecule has 112 valence electrons. The normalized spacial score (nSPS) is 13.1. The fourth-order valence-electron chi connectivity index (χ4n) is 2.04. The first-order chi connectivity index (χ1) is 9.86. The lowest BCUT2D eigenvalue weighted by Gasteiger charge is -2.14. The molecule has 0 saturated heterocycles. The van der Waals surface area contributed by atoms with Crippen molar-refractivity contribution in [2.24, 2.45) is 5.14 Å². The lowest BCUT2D eigenvalue weighted by atomic mass is 10.1. The molecule has 0 amide bonds. The van der Waals surface area contributed by atoms with Gasteiger partial charge in [-0.1, -0.05) is 42.0 Å². The van der Waals surface area contributed by atoms with Crippen molar-refractivity contribution in [3.8, 4) is 0 Å². The molecule has 0 radical (unpaired) electrons. The lowest BCUT2D eigenvalue weighted by Crippen LogP contribution is -2.18. The summed E-state index contributed by atoms with van der Waals surface area (Å²) in [6, 6.07) is 15.2. The minimum Gasteiger partial charge on any atom is -0.306 e. The molecule has 0 aromatic heterocycles. The highest BCUT2D eigenvalue weighted by Crippen LogP contribution is 2.14. The maximum absolute atomic E-state index is 11.2. The van der Waals surface area contributed by atoms with E-state index >= 15 is 0 Å². The minimum atomic E-state index is -3.62. The summed E-state index contributed by atoms with van der Waals surface area (Å²) in [5, 5.41) is 8.49. The van der Waals surface area contributed by atoms with Crippen molar-refractivity contribution in [3.63, 3.8) is 0 Å². The van der Waals surface area contributed by atoms with Gasteiger partial charge in [0, 0.05) is 12.6 Å². The molecule has 2 aromatic rings. The van der Waals surface area contributed by atoms with Gasteiger partial charge in [-0.25, -0.2) is 13.6 Å². The molecule has 0 fully saturated rings. The number of nitrogens with two attached hydrogens (primary N) is 1. The van der Waals surface area contributed by atoms with E-state index in [0.29, 0.717) is 6.54 Å². The van der Waals surface area contributed by atoms with E-state index in [9.17, 15) is 8.42 Å². The van der Waals surface area contributed by atoms with Crippen LogP contribution in [0.1, 0.15) is 29.7 Å². The van der Waals surface area contributed by atoms with E-state index in [4.69, 9.17) is 5.14 Å². The topological polar surface area (TPSA) is 72.2 Å². The third-order valence-corrected chi connectivity index (χ3v) is 4.37. The molecule has 21 heavy (non-hydrogen) atoms. The van der Waals surface area contributed by atoms with Crippen LogP contribution < -0.4 is 10.5 Å². The Kier molecular flexibility index (Phi) is 4.77. The van der Waals surface area contributed by atoms with Gasteiger partial charge in [0.1, 0.15) is 0 Å². The fraction of sp³-hybridized carbons (Fsp3) is 0.250. The van der Waals surface area contributed by atoms with E-state index in [1.54, 1.807) is 12.1 Å². The van der Waals surface area contributed by atoms with Crippen molar-refractivity contribution in [2.75, 3.05) is 0 Å². The highest BCUT2D eigenvalue weighted by atomic mass is 32.2. The van der Waals surface area contributed by atoms with E-state index in [1.807, 2.05) is 0 Å². The summed E-state index contributed by atoms with van der Waals surface area (Å²) in [4.78, 5) is 0.137. The van der Waals surface area contributed by atoms with Gasteiger partial charge in [0.05, 0.1) is 4.90 Å². The maximum Gasteiger partial charge on any atom is 0.238 e. The number of rotatable bonds is 5. The Bertz CT molecular complexity index is 692. The first-order valence-electron chi connectivity index (χ1n) is 6.78. The van der Waals surface area contributed by atoms with Crippen LogP contribution >= 0.6 is 0 Å².